The minimum absolute atomic E-state index is 0.246. The molecule has 4 nitrogen and oxygen atoms in total. The zero-order valence-electron chi connectivity index (χ0n) is 15.6. The topological polar surface area (TPSA) is 50.4 Å². The van der Waals surface area contributed by atoms with Gasteiger partial charge in [0.05, 0.1) is 6.61 Å². The molecule has 0 unspecified atom stereocenters. The van der Waals surface area contributed by atoms with Crippen LogP contribution in [0.2, 0.25) is 6.82 Å². The summed E-state index contributed by atoms with van der Waals surface area (Å²) in [6, 6.07) is 0. The van der Waals surface area contributed by atoms with E-state index >= 15 is 0 Å². The predicted molar refractivity (Wildman–Crippen MR) is 110 cm³/mol. The summed E-state index contributed by atoms with van der Waals surface area (Å²) in [5.74, 6) is 7.04. The molecule has 7 heteroatoms. The summed E-state index contributed by atoms with van der Waals surface area (Å²) in [5.41, 5.74) is 0. The van der Waals surface area contributed by atoms with Gasteiger partial charge in [0.15, 0.2) is 0 Å². The van der Waals surface area contributed by atoms with Gasteiger partial charge in [-0.25, -0.2) is 4.79 Å². The fourth-order valence-corrected chi connectivity index (χ4v) is 4.50. The van der Waals surface area contributed by atoms with E-state index in [1.807, 2.05) is 42.7 Å². The van der Waals surface area contributed by atoms with Crippen LogP contribution < -0.4 is 10.6 Å². The van der Waals surface area contributed by atoms with Gasteiger partial charge in [0.25, 0.3) is 0 Å². The fraction of sp³-hybridized carbons (Fsp3) is 0.824. The molecule has 0 rings (SSSR count). The van der Waals surface area contributed by atoms with Gasteiger partial charge in [-0.3, -0.25) is 0 Å². The van der Waals surface area contributed by atoms with E-state index in [9.17, 15) is 4.79 Å². The van der Waals surface area contributed by atoms with Crippen LogP contribution in [-0.4, -0.2) is 50.6 Å². The number of amides is 1. The van der Waals surface area contributed by atoms with Gasteiger partial charge in [0, 0.05) is 30.0 Å². The Balaban J connectivity index is 3.37. The van der Waals surface area contributed by atoms with E-state index in [1.54, 1.807) is 0 Å². The Morgan fingerprint density at radius 3 is 2.75 bits per heavy atom. The molecule has 0 saturated carbocycles. The lowest BCUT2D eigenvalue weighted by Crippen LogP contribution is -2.28. The molecule has 0 saturated heterocycles. The molecule has 0 fully saturated rings. The number of hydrogen-bond acceptors (Lipinski definition) is 5. The number of nitrogens with one attached hydrogen (secondary N) is 2. The predicted octanol–water partition coefficient (Wildman–Crippen LogP) is 3.76. The number of carbonyl (C=O) groups excluding carboxylic acids is 1. The molecule has 0 aliphatic rings. The molecule has 0 atom stereocenters. The van der Waals surface area contributed by atoms with Crippen LogP contribution in [0, 0.1) is 11.7 Å². The highest BCUT2D eigenvalue weighted by Crippen LogP contribution is 2.35. The molecule has 0 aromatic heterocycles. The van der Waals surface area contributed by atoms with Crippen LogP contribution in [0.5, 0.6) is 0 Å². The van der Waals surface area contributed by atoms with Crippen LogP contribution in [0.3, 0.4) is 0 Å². The van der Waals surface area contributed by atoms with Gasteiger partial charge in [-0.2, -0.15) is 5.82 Å². The highest BCUT2D eigenvalue weighted by Gasteiger charge is 2.17. The molecule has 1 radical (unpaired) electrons. The second-order valence-corrected chi connectivity index (χ2v) is 9.15. The van der Waals surface area contributed by atoms with Crippen molar-refractivity contribution in [1.29, 1.82) is 0 Å². The van der Waals surface area contributed by atoms with Gasteiger partial charge >= 0.3 is 6.09 Å². The van der Waals surface area contributed by atoms with Crippen molar-refractivity contribution < 1.29 is 9.53 Å². The van der Waals surface area contributed by atoms with Crippen LogP contribution in [-0.2, 0) is 4.74 Å². The number of hydrogen-bond donors (Lipinski definition) is 2. The first-order valence-electron chi connectivity index (χ1n) is 8.64. The number of carbonyl (C=O) groups is 1. The third-order valence-electron chi connectivity index (χ3n) is 2.99. The molecule has 0 aromatic rings. The molecule has 1 amide bonds. The van der Waals surface area contributed by atoms with E-state index < -0.39 is 0 Å². The van der Waals surface area contributed by atoms with E-state index in [4.69, 9.17) is 4.74 Å². The van der Waals surface area contributed by atoms with Gasteiger partial charge in [-0.15, -0.1) is 5.92 Å². The number of rotatable bonds is 13. The molecular weight excluding hydrogens is 339 g/mol. The molecule has 0 spiro atoms. The Kier molecular flexibility index (Phi) is 15.7. The standard InChI is InChI=1S/C17H32BN2O2S2/c1-17(2,15-19-4)24-23-14-10-9-13-22-16(21)20-12-8-6-5-7-11-18-3/h19H,5-6,8-10,12-15H2,1-4H3,(H,20,21). The Labute approximate surface area is 157 Å². The average molecular weight is 371 g/mol. The summed E-state index contributed by atoms with van der Waals surface area (Å²) in [4.78, 5) is 11.5. The number of ether oxygens (including phenoxy) is 1. The molecule has 0 bridgehead atoms. The second-order valence-electron chi connectivity index (χ2n) is 6.03. The van der Waals surface area contributed by atoms with E-state index in [-0.39, 0.29) is 10.8 Å². The number of alkyl carbamates (subject to hydrolysis) is 1. The summed E-state index contributed by atoms with van der Waals surface area (Å²) in [6.07, 6.45) is 4.48. The summed E-state index contributed by atoms with van der Waals surface area (Å²) >= 11 is 0. The zero-order valence-corrected chi connectivity index (χ0v) is 17.2. The molecule has 0 aromatic carbocycles. The molecular formula is C17H32BN2O2S2. The van der Waals surface area contributed by atoms with E-state index in [0.29, 0.717) is 13.2 Å². The Hall–Kier alpha value is -0.445. The maximum absolute atomic E-state index is 11.5. The van der Waals surface area contributed by atoms with Gasteiger partial charge in [0.1, 0.15) is 0 Å². The quantitative estimate of drug-likeness (QED) is 0.223. The molecule has 0 aliphatic carbocycles. The normalized spacial score (nSPS) is 10.7. The van der Waals surface area contributed by atoms with Crippen molar-refractivity contribution in [2.24, 2.45) is 0 Å². The molecule has 2 N–H and O–H groups in total. The van der Waals surface area contributed by atoms with Crippen LogP contribution in [0.1, 0.15) is 46.0 Å². The lowest BCUT2D eigenvalue weighted by molar-refractivity contribution is 0.144. The van der Waals surface area contributed by atoms with E-state index in [1.165, 1.54) is 0 Å². The SMILES string of the molecule is C[B]C#CCCCCNC(=O)OCCCCSSC(C)(C)CNC. The van der Waals surface area contributed by atoms with Gasteiger partial charge in [-0.05, 0) is 46.6 Å². The van der Waals surface area contributed by atoms with Crippen molar-refractivity contribution >= 4 is 35.0 Å². The minimum Gasteiger partial charge on any atom is -0.450 e. The maximum Gasteiger partial charge on any atom is 0.407 e. The first-order chi connectivity index (χ1) is 11.5. The van der Waals surface area contributed by atoms with Crippen molar-refractivity contribution in [1.82, 2.24) is 10.6 Å². The highest BCUT2D eigenvalue weighted by molar-refractivity contribution is 8.77. The fourth-order valence-electron chi connectivity index (χ4n) is 1.84. The summed E-state index contributed by atoms with van der Waals surface area (Å²) < 4.78 is 5.41. The van der Waals surface area contributed by atoms with Gasteiger partial charge in [0.2, 0.25) is 7.28 Å². The summed E-state index contributed by atoms with van der Waals surface area (Å²) in [6.45, 7) is 8.55. The highest BCUT2D eigenvalue weighted by atomic mass is 33.1. The van der Waals surface area contributed by atoms with Crippen molar-refractivity contribution in [3.63, 3.8) is 0 Å². The van der Waals surface area contributed by atoms with Gasteiger partial charge in [-0.1, -0.05) is 28.4 Å². The first kappa shape index (κ1) is 23.6. The second kappa shape index (κ2) is 16.0. The lowest BCUT2D eigenvalue weighted by Gasteiger charge is -2.22. The summed E-state index contributed by atoms with van der Waals surface area (Å²) in [5, 5.41) is 5.98. The van der Waals surface area contributed by atoms with Crippen LogP contribution in [0.25, 0.3) is 0 Å². The van der Waals surface area contributed by atoms with E-state index in [0.717, 1.165) is 44.4 Å². The van der Waals surface area contributed by atoms with Crippen molar-refractivity contribution in [2.75, 3.05) is 32.5 Å². The van der Waals surface area contributed by atoms with Crippen LogP contribution in [0.4, 0.5) is 4.79 Å². The van der Waals surface area contributed by atoms with Crippen LogP contribution in [0.15, 0.2) is 0 Å². The largest absolute Gasteiger partial charge is 0.450 e. The molecule has 0 aliphatic heterocycles. The van der Waals surface area contributed by atoms with Crippen molar-refractivity contribution in [3.05, 3.63) is 0 Å². The van der Waals surface area contributed by atoms with Crippen molar-refractivity contribution in [2.45, 2.75) is 57.5 Å². The smallest absolute Gasteiger partial charge is 0.407 e. The Bertz CT molecular complexity index is 385. The molecule has 24 heavy (non-hydrogen) atoms. The first-order valence-corrected chi connectivity index (χ1v) is 11.0. The lowest BCUT2D eigenvalue weighted by atomic mass is 9.84. The summed E-state index contributed by atoms with van der Waals surface area (Å²) in [7, 11) is 7.63. The average Bonchev–Trinajstić information content (AvgIpc) is 2.53. The minimum atomic E-state index is -0.305. The Morgan fingerprint density at radius 1 is 1.25 bits per heavy atom. The Morgan fingerprint density at radius 2 is 2.04 bits per heavy atom. The van der Waals surface area contributed by atoms with Crippen LogP contribution >= 0.6 is 21.6 Å². The zero-order chi connectivity index (χ0) is 18.1. The number of unbranched alkanes of at least 4 members (excludes halogenated alkanes) is 3. The van der Waals surface area contributed by atoms with Crippen molar-refractivity contribution in [3.8, 4) is 11.7 Å². The van der Waals surface area contributed by atoms with Gasteiger partial charge < -0.3 is 15.4 Å². The molecule has 0 heterocycles. The van der Waals surface area contributed by atoms with E-state index in [2.05, 4.69) is 36.2 Å². The monoisotopic (exact) mass is 371 g/mol. The molecule has 137 valence electrons. The maximum atomic E-state index is 11.5. The third-order valence-corrected chi connectivity index (χ3v) is 6.36. The third kappa shape index (κ3) is 16.4.